The molecule has 0 bridgehead atoms. The predicted molar refractivity (Wildman–Crippen MR) is 141 cm³/mol. The Morgan fingerprint density at radius 3 is 2.74 bits per heavy atom. The molecule has 0 spiro atoms. The molecule has 1 aliphatic carbocycles. The second-order valence-electron chi connectivity index (χ2n) is 8.70. The molecule has 1 fully saturated rings. The Morgan fingerprint density at radius 2 is 2.03 bits per heavy atom. The highest BCUT2D eigenvalue weighted by molar-refractivity contribution is 9.10. The van der Waals surface area contributed by atoms with Gasteiger partial charge in [0, 0.05) is 10.4 Å². The molecule has 0 saturated heterocycles. The van der Waals surface area contributed by atoms with Crippen molar-refractivity contribution < 1.29 is 9.47 Å². The van der Waals surface area contributed by atoms with Crippen LogP contribution in [0.15, 0.2) is 44.7 Å². The van der Waals surface area contributed by atoms with Crippen molar-refractivity contribution in [2.24, 2.45) is 5.10 Å². The van der Waals surface area contributed by atoms with Gasteiger partial charge >= 0.3 is 0 Å². The molecule has 4 rings (SSSR count). The van der Waals surface area contributed by atoms with Crippen LogP contribution in [0.2, 0.25) is 5.02 Å². The number of benzene rings is 2. The van der Waals surface area contributed by atoms with Gasteiger partial charge in [0.05, 0.1) is 35.4 Å². The number of hydrogen-bond acceptors (Lipinski definition) is 5. The molecule has 1 aliphatic rings. The third-order valence-corrected chi connectivity index (χ3v) is 7.05. The summed E-state index contributed by atoms with van der Waals surface area (Å²) in [6.45, 7) is 4.03. The number of halogens is 2. The summed E-state index contributed by atoms with van der Waals surface area (Å²) >= 11 is 9.98. The topological polar surface area (TPSA) is 65.7 Å². The minimum atomic E-state index is -0.182. The molecule has 34 heavy (non-hydrogen) atoms. The second kappa shape index (κ2) is 10.9. The Balaban J connectivity index is 1.79. The Hall–Kier alpha value is -2.38. The van der Waals surface area contributed by atoms with E-state index in [9.17, 15) is 4.79 Å². The van der Waals surface area contributed by atoms with Crippen molar-refractivity contribution in [2.75, 3.05) is 7.11 Å². The fourth-order valence-corrected chi connectivity index (χ4v) is 4.86. The van der Waals surface area contributed by atoms with Gasteiger partial charge in [-0.2, -0.15) is 9.78 Å². The van der Waals surface area contributed by atoms with Crippen LogP contribution in [0.5, 0.6) is 11.5 Å². The van der Waals surface area contributed by atoms with E-state index in [0.29, 0.717) is 38.8 Å². The molecule has 8 heteroatoms. The van der Waals surface area contributed by atoms with E-state index in [1.54, 1.807) is 25.5 Å². The summed E-state index contributed by atoms with van der Waals surface area (Å²) in [4.78, 5) is 18.4. The lowest BCUT2D eigenvalue weighted by atomic mass is 9.88. The zero-order valence-electron chi connectivity index (χ0n) is 19.7. The largest absolute Gasteiger partial charge is 0.493 e. The van der Waals surface area contributed by atoms with Crippen molar-refractivity contribution in [3.8, 4) is 11.5 Å². The number of rotatable bonds is 7. The first-order valence-corrected chi connectivity index (χ1v) is 12.9. The molecule has 180 valence electrons. The molecule has 6 nitrogen and oxygen atoms in total. The predicted octanol–water partition coefficient (Wildman–Crippen LogP) is 6.93. The van der Waals surface area contributed by atoms with Crippen LogP contribution in [0.4, 0.5) is 0 Å². The first-order valence-electron chi connectivity index (χ1n) is 11.7. The molecule has 0 radical (unpaired) electrons. The summed E-state index contributed by atoms with van der Waals surface area (Å²) in [6, 6.07) is 9.15. The number of fused-ring (bicyclic) bond motifs is 1. The Labute approximate surface area is 213 Å². The monoisotopic (exact) mass is 545 g/mol. The molecule has 1 aromatic heterocycles. The van der Waals surface area contributed by atoms with Gasteiger partial charge in [-0.25, -0.2) is 4.98 Å². The highest BCUT2D eigenvalue weighted by Crippen LogP contribution is 2.37. The third-order valence-electron chi connectivity index (χ3n) is 6.27. The lowest BCUT2D eigenvalue weighted by molar-refractivity contribution is 0.208. The van der Waals surface area contributed by atoms with Crippen LogP contribution in [-0.2, 0) is 0 Å². The quantitative estimate of drug-likeness (QED) is 0.301. The van der Waals surface area contributed by atoms with Crippen LogP contribution in [0, 0.1) is 0 Å². The lowest BCUT2D eigenvalue weighted by Gasteiger charge is -2.22. The highest BCUT2D eigenvalue weighted by Gasteiger charge is 2.22. The lowest BCUT2D eigenvalue weighted by Crippen LogP contribution is -2.25. The zero-order chi connectivity index (χ0) is 24.2. The Morgan fingerprint density at radius 1 is 1.26 bits per heavy atom. The third kappa shape index (κ3) is 5.31. The molecule has 1 saturated carbocycles. The van der Waals surface area contributed by atoms with Crippen molar-refractivity contribution in [1.82, 2.24) is 9.66 Å². The number of ether oxygens (including phenoxy) is 2. The molecule has 0 amide bonds. The SMILES string of the molecule is CC[C@@H](C)Oc1c(Cl)cc(C=Nn2c(C3CCCCC3)nc3ccc(Br)cc3c2=O)cc1OC. The van der Waals surface area contributed by atoms with E-state index in [4.69, 9.17) is 26.1 Å². The molecule has 1 heterocycles. The highest BCUT2D eigenvalue weighted by atomic mass is 79.9. The van der Waals surface area contributed by atoms with E-state index in [2.05, 4.69) is 21.0 Å². The Kier molecular flexibility index (Phi) is 7.94. The van der Waals surface area contributed by atoms with E-state index in [1.807, 2.05) is 32.0 Å². The fourth-order valence-electron chi connectivity index (χ4n) is 4.24. The van der Waals surface area contributed by atoms with Gasteiger partial charge in [0.25, 0.3) is 5.56 Å². The molecule has 0 N–H and O–H groups in total. The van der Waals surface area contributed by atoms with Crippen LogP contribution in [0.25, 0.3) is 10.9 Å². The fraction of sp³-hybridized carbons (Fsp3) is 0.423. The van der Waals surface area contributed by atoms with E-state index in [0.717, 1.165) is 36.6 Å². The summed E-state index contributed by atoms with van der Waals surface area (Å²) in [5, 5.41) is 5.56. The smallest absolute Gasteiger partial charge is 0.282 e. The summed E-state index contributed by atoms with van der Waals surface area (Å²) in [7, 11) is 1.58. The molecule has 3 aromatic rings. The summed E-state index contributed by atoms with van der Waals surface area (Å²) in [6.07, 6.45) is 7.97. The Bertz CT molecular complexity index is 1270. The van der Waals surface area contributed by atoms with Gasteiger partial charge in [-0.3, -0.25) is 4.79 Å². The minimum Gasteiger partial charge on any atom is -0.493 e. The van der Waals surface area contributed by atoms with Crippen molar-refractivity contribution in [3.05, 3.63) is 61.6 Å². The van der Waals surface area contributed by atoms with Gasteiger partial charge < -0.3 is 9.47 Å². The standard InChI is InChI=1S/C26H29BrClN3O3/c1-4-16(2)34-24-21(28)12-17(13-23(24)33-3)15-29-31-25(18-8-6-5-7-9-18)30-22-11-10-19(27)14-20(22)26(31)32/h10-16,18H,4-9H2,1-3H3/t16-/m1/s1. The van der Waals surface area contributed by atoms with E-state index in [1.165, 1.54) is 11.1 Å². The number of aromatic nitrogens is 2. The molecule has 2 aromatic carbocycles. The van der Waals surface area contributed by atoms with Crippen LogP contribution in [0.3, 0.4) is 0 Å². The van der Waals surface area contributed by atoms with Gasteiger partial charge in [-0.15, -0.1) is 0 Å². The van der Waals surface area contributed by atoms with Crippen LogP contribution >= 0.6 is 27.5 Å². The zero-order valence-corrected chi connectivity index (χ0v) is 22.0. The average molecular weight is 547 g/mol. The van der Waals surface area contributed by atoms with Crippen LogP contribution in [0.1, 0.15) is 69.7 Å². The summed E-state index contributed by atoms with van der Waals surface area (Å²) in [5.74, 6) is 1.95. The summed E-state index contributed by atoms with van der Waals surface area (Å²) in [5.41, 5.74) is 1.21. The number of methoxy groups -OCH3 is 1. The van der Waals surface area contributed by atoms with E-state index < -0.39 is 0 Å². The van der Waals surface area contributed by atoms with Gasteiger partial charge in [-0.1, -0.05) is 53.7 Å². The summed E-state index contributed by atoms with van der Waals surface area (Å²) < 4.78 is 13.7. The average Bonchev–Trinajstić information content (AvgIpc) is 2.85. The molecular weight excluding hydrogens is 518 g/mol. The van der Waals surface area contributed by atoms with E-state index in [-0.39, 0.29) is 17.6 Å². The maximum atomic E-state index is 13.5. The maximum absolute atomic E-state index is 13.5. The number of nitrogens with zero attached hydrogens (tertiary/aromatic N) is 3. The van der Waals surface area contributed by atoms with Gasteiger partial charge in [0.2, 0.25) is 0 Å². The molecule has 1 atom stereocenters. The molecular formula is C26H29BrClN3O3. The van der Waals surface area contributed by atoms with Crippen molar-refractivity contribution in [1.29, 1.82) is 0 Å². The van der Waals surface area contributed by atoms with Crippen molar-refractivity contribution >= 4 is 44.6 Å². The van der Waals surface area contributed by atoms with Gasteiger partial charge in [0.15, 0.2) is 11.5 Å². The number of hydrogen-bond donors (Lipinski definition) is 0. The minimum absolute atomic E-state index is 0.00513. The van der Waals surface area contributed by atoms with Gasteiger partial charge in [0.1, 0.15) is 5.82 Å². The van der Waals surface area contributed by atoms with Crippen LogP contribution in [-0.4, -0.2) is 29.1 Å². The first-order chi connectivity index (χ1) is 16.4. The van der Waals surface area contributed by atoms with Crippen molar-refractivity contribution in [3.63, 3.8) is 0 Å². The maximum Gasteiger partial charge on any atom is 0.282 e. The van der Waals surface area contributed by atoms with Gasteiger partial charge in [-0.05, 0) is 62.1 Å². The van der Waals surface area contributed by atoms with E-state index >= 15 is 0 Å². The molecule has 0 aliphatic heterocycles. The molecule has 0 unspecified atom stereocenters. The van der Waals surface area contributed by atoms with Crippen molar-refractivity contribution in [2.45, 2.75) is 64.4 Å². The second-order valence-corrected chi connectivity index (χ2v) is 10.0. The van der Waals surface area contributed by atoms with Crippen LogP contribution < -0.4 is 15.0 Å². The first kappa shape index (κ1) is 24.7. The normalized spacial score (nSPS) is 15.7.